The molecule has 1 aromatic heterocycles. The monoisotopic (exact) mass is 168 g/mol. The van der Waals surface area contributed by atoms with E-state index in [-0.39, 0.29) is 0 Å². The molecule has 0 spiro atoms. The van der Waals surface area contributed by atoms with Crippen molar-refractivity contribution in [3.05, 3.63) is 53.0 Å². The Bertz CT molecular complexity index is 535. The Hall–Kier alpha value is -1.70. The van der Waals surface area contributed by atoms with Gasteiger partial charge in [0, 0.05) is 11.4 Å². The van der Waals surface area contributed by atoms with E-state index >= 15 is 0 Å². The molecule has 0 atom stereocenters. The van der Waals surface area contributed by atoms with Gasteiger partial charge in [0.1, 0.15) is 0 Å². The highest BCUT2D eigenvalue weighted by atomic mass is 14.8. The molecule has 0 amide bonds. The maximum absolute atomic E-state index is 4.48. The summed E-state index contributed by atoms with van der Waals surface area (Å²) < 4.78 is 0. The van der Waals surface area contributed by atoms with E-state index in [1.54, 1.807) is 0 Å². The van der Waals surface area contributed by atoms with E-state index in [1.807, 2.05) is 18.5 Å². The van der Waals surface area contributed by atoms with Gasteiger partial charge in [-0.05, 0) is 24.1 Å². The molecule has 0 aromatic carbocycles. The first-order valence-electron chi connectivity index (χ1n) is 4.34. The fraction of sp³-hybridized carbons (Fsp3) is 0.0909. The highest BCUT2D eigenvalue weighted by Gasteiger charge is 2.12. The zero-order valence-corrected chi connectivity index (χ0v) is 7.07. The minimum atomic E-state index is 0.992. The van der Waals surface area contributed by atoms with Gasteiger partial charge in [-0.2, -0.15) is 0 Å². The van der Waals surface area contributed by atoms with Crippen LogP contribution in [0.1, 0.15) is 6.42 Å². The summed E-state index contributed by atoms with van der Waals surface area (Å²) >= 11 is 0. The van der Waals surface area contributed by atoms with E-state index in [0.29, 0.717) is 0 Å². The van der Waals surface area contributed by atoms with E-state index in [9.17, 15) is 0 Å². The number of pyridine rings is 1. The molecule has 2 heteroatoms. The third-order valence-electron chi connectivity index (χ3n) is 2.39. The lowest BCUT2D eigenvalue weighted by Gasteiger charge is -2.03. The van der Waals surface area contributed by atoms with Crippen molar-refractivity contribution in [1.29, 1.82) is 0 Å². The molecule has 2 heterocycles. The lowest BCUT2D eigenvalue weighted by atomic mass is 10.0. The number of nitrogens with zero attached hydrogens (tertiary/aromatic N) is 2. The number of fused-ring (bicyclic) bond motifs is 2. The van der Waals surface area contributed by atoms with Crippen LogP contribution in [0.15, 0.2) is 47.4 Å². The summed E-state index contributed by atoms with van der Waals surface area (Å²) in [5, 5.41) is 2.25. The van der Waals surface area contributed by atoms with Crippen LogP contribution in [0.25, 0.3) is 5.57 Å². The number of rotatable bonds is 0. The van der Waals surface area contributed by atoms with Crippen LogP contribution in [0.3, 0.4) is 0 Å². The molecule has 2 nitrogen and oxygen atoms in total. The molecule has 1 aromatic rings. The third kappa shape index (κ3) is 0.886. The highest BCUT2D eigenvalue weighted by molar-refractivity contribution is 5.69. The molecular formula is C11H8N2. The summed E-state index contributed by atoms with van der Waals surface area (Å²) in [5.74, 6) is 0. The van der Waals surface area contributed by atoms with Gasteiger partial charge >= 0.3 is 0 Å². The molecule has 62 valence electrons. The van der Waals surface area contributed by atoms with Gasteiger partial charge in [0.05, 0.1) is 17.3 Å². The average Bonchev–Trinajstić information content (AvgIpc) is 2.56. The zero-order valence-electron chi connectivity index (χ0n) is 7.07. The van der Waals surface area contributed by atoms with Gasteiger partial charge in [0.25, 0.3) is 0 Å². The van der Waals surface area contributed by atoms with E-state index in [0.717, 1.165) is 17.5 Å². The van der Waals surface area contributed by atoms with Crippen molar-refractivity contribution in [2.75, 3.05) is 0 Å². The molecule has 1 aliphatic carbocycles. The molecule has 0 saturated heterocycles. The molecule has 0 bridgehead atoms. The second kappa shape index (κ2) is 2.39. The fourth-order valence-electron chi connectivity index (χ4n) is 1.76. The minimum Gasteiger partial charge on any atom is -0.262 e. The predicted molar refractivity (Wildman–Crippen MR) is 50.3 cm³/mol. The molecule has 2 aliphatic rings. The van der Waals surface area contributed by atoms with E-state index < -0.39 is 0 Å². The number of allylic oxidation sites excluding steroid dienone is 4. The van der Waals surface area contributed by atoms with Crippen LogP contribution in [0.5, 0.6) is 0 Å². The number of hydrogen-bond acceptors (Lipinski definition) is 2. The van der Waals surface area contributed by atoms with Gasteiger partial charge in [-0.3, -0.25) is 4.98 Å². The molecule has 0 radical (unpaired) electrons. The Balaban J connectivity index is 2.46. The lowest BCUT2D eigenvalue weighted by Crippen LogP contribution is -2.22. The van der Waals surface area contributed by atoms with Crippen molar-refractivity contribution >= 4 is 5.57 Å². The Morgan fingerprint density at radius 1 is 1.31 bits per heavy atom. The summed E-state index contributed by atoms with van der Waals surface area (Å²) in [7, 11) is 0. The quantitative estimate of drug-likeness (QED) is 0.560. The van der Waals surface area contributed by atoms with Crippen LogP contribution in [-0.2, 0) is 0 Å². The van der Waals surface area contributed by atoms with Gasteiger partial charge in [0.2, 0.25) is 0 Å². The maximum Gasteiger partial charge on any atom is 0.0896 e. The first kappa shape index (κ1) is 6.78. The molecule has 3 rings (SSSR count). The Morgan fingerprint density at radius 3 is 3.31 bits per heavy atom. The maximum atomic E-state index is 4.48. The summed E-state index contributed by atoms with van der Waals surface area (Å²) in [6.07, 6.45) is 10.9. The largest absolute Gasteiger partial charge is 0.262 e. The standard InChI is InChI=1S/C11H8N2/c1-2-4-10-8(3-1)9-5-6-12-7-11(9)13-10/h1-2,4-7H,3H2. The van der Waals surface area contributed by atoms with Crippen LogP contribution < -0.4 is 10.6 Å². The smallest absolute Gasteiger partial charge is 0.0896 e. The molecule has 1 aliphatic heterocycles. The van der Waals surface area contributed by atoms with Crippen molar-refractivity contribution in [3.63, 3.8) is 0 Å². The first-order chi connectivity index (χ1) is 6.45. The van der Waals surface area contributed by atoms with Crippen LogP contribution >= 0.6 is 0 Å². The van der Waals surface area contributed by atoms with Gasteiger partial charge in [-0.25, -0.2) is 4.99 Å². The van der Waals surface area contributed by atoms with Gasteiger partial charge in [-0.15, -0.1) is 0 Å². The topological polar surface area (TPSA) is 25.2 Å². The lowest BCUT2D eigenvalue weighted by molar-refractivity contribution is 1.21. The van der Waals surface area contributed by atoms with Crippen LogP contribution in [-0.4, -0.2) is 4.98 Å². The SMILES string of the molecule is C1=CCC2=c3ccncc3=NC2=C1. The van der Waals surface area contributed by atoms with Gasteiger partial charge in [0.15, 0.2) is 0 Å². The molecule has 13 heavy (non-hydrogen) atoms. The van der Waals surface area contributed by atoms with E-state index in [2.05, 4.69) is 28.2 Å². The summed E-state index contributed by atoms with van der Waals surface area (Å²) in [4.78, 5) is 8.54. The fourth-order valence-corrected chi connectivity index (χ4v) is 1.76. The Morgan fingerprint density at radius 2 is 2.31 bits per heavy atom. The van der Waals surface area contributed by atoms with Crippen LogP contribution in [0.2, 0.25) is 0 Å². The second-order valence-electron chi connectivity index (χ2n) is 3.17. The van der Waals surface area contributed by atoms with Gasteiger partial charge in [-0.1, -0.05) is 12.2 Å². The van der Waals surface area contributed by atoms with Crippen molar-refractivity contribution < 1.29 is 0 Å². The Kier molecular flexibility index (Phi) is 1.25. The van der Waals surface area contributed by atoms with Crippen molar-refractivity contribution in [1.82, 2.24) is 4.98 Å². The highest BCUT2D eigenvalue weighted by Crippen LogP contribution is 2.21. The predicted octanol–water partition coefficient (Wildman–Crippen LogP) is 0.709. The van der Waals surface area contributed by atoms with E-state index in [4.69, 9.17) is 0 Å². The Labute approximate surface area is 75.7 Å². The van der Waals surface area contributed by atoms with Crippen molar-refractivity contribution in [2.24, 2.45) is 4.99 Å². The number of hydrogen-bond donors (Lipinski definition) is 0. The van der Waals surface area contributed by atoms with Gasteiger partial charge < -0.3 is 0 Å². The van der Waals surface area contributed by atoms with Crippen LogP contribution in [0, 0.1) is 0 Å². The molecule has 0 N–H and O–H groups in total. The average molecular weight is 168 g/mol. The molecule has 0 saturated carbocycles. The van der Waals surface area contributed by atoms with Crippen molar-refractivity contribution in [2.45, 2.75) is 6.42 Å². The second-order valence-corrected chi connectivity index (χ2v) is 3.17. The third-order valence-corrected chi connectivity index (χ3v) is 2.39. The summed E-state index contributed by atoms with van der Waals surface area (Å²) in [5.41, 5.74) is 2.44. The van der Waals surface area contributed by atoms with Crippen molar-refractivity contribution in [3.8, 4) is 0 Å². The molecule has 0 fully saturated rings. The summed E-state index contributed by atoms with van der Waals surface area (Å²) in [6, 6.07) is 2.04. The molecular weight excluding hydrogens is 160 g/mol. The molecule has 0 unspecified atom stereocenters. The summed E-state index contributed by atoms with van der Waals surface area (Å²) in [6.45, 7) is 0. The zero-order chi connectivity index (χ0) is 8.67. The van der Waals surface area contributed by atoms with E-state index in [1.165, 1.54) is 10.8 Å². The number of aromatic nitrogens is 1. The minimum absolute atomic E-state index is 0.992. The van der Waals surface area contributed by atoms with Crippen LogP contribution in [0.4, 0.5) is 0 Å². The normalized spacial score (nSPS) is 17.5. The first-order valence-corrected chi connectivity index (χ1v) is 4.34.